The summed E-state index contributed by atoms with van der Waals surface area (Å²) < 4.78 is 0. The number of amides is 1. The lowest BCUT2D eigenvalue weighted by molar-refractivity contribution is -0.123. The van der Waals surface area contributed by atoms with Crippen molar-refractivity contribution in [2.75, 3.05) is 5.33 Å². The van der Waals surface area contributed by atoms with Crippen molar-refractivity contribution in [1.29, 1.82) is 0 Å². The molecule has 14 heavy (non-hydrogen) atoms. The van der Waals surface area contributed by atoms with Gasteiger partial charge in [-0.05, 0) is 5.56 Å². The summed E-state index contributed by atoms with van der Waals surface area (Å²) in [6, 6.07) is 9.90. The Bertz CT molecular complexity index is 287. The van der Waals surface area contributed by atoms with Crippen LogP contribution >= 0.6 is 15.9 Å². The predicted octanol–water partition coefficient (Wildman–Crippen LogP) is 2.33. The van der Waals surface area contributed by atoms with Gasteiger partial charge >= 0.3 is 0 Å². The van der Waals surface area contributed by atoms with Crippen molar-refractivity contribution in [3.05, 3.63) is 35.9 Å². The number of alkyl halides is 1. The molecular formula is C11H14BrNO. The lowest BCUT2D eigenvalue weighted by Gasteiger charge is -2.08. The van der Waals surface area contributed by atoms with Gasteiger partial charge in [-0.25, -0.2) is 0 Å². The molecule has 0 saturated heterocycles. The van der Waals surface area contributed by atoms with E-state index in [1.54, 1.807) is 0 Å². The fourth-order valence-corrected chi connectivity index (χ4v) is 1.32. The summed E-state index contributed by atoms with van der Waals surface area (Å²) in [7, 11) is 0. The van der Waals surface area contributed by atoms with Crippen molar-refractivity contribution in [2.45, 2.75) is 13.5 Å². The molecule has 0 aromatic heterocycles. The second-order valence-electron chi connectivity index (χ2n) is 3.26. The van der Waals surface area contributed by atoms with Crippen LogP contribution in [0.2, 0.25) is 0 Å². The summed E-state index contributed by atoms with van der Waals surface area (Å²) in [6.07, 6.45) is 0. The van der Waals surface area contributed by atoms with Crippen molar-refractivity contribution < 1.29 is 4.79 Å². The van der Waals surface area contributed by atoms with Crippen molar-refractivity contribution >= 4 is 21.8 Å². The van der Waals surface area contributed by atoms with E-state index < -0.39 is 0 Å². The van der Waals surface area contributed by atoms with E-state index in [0.29, 0.717) is 11.9 Å². The zero-order valence-corrected chi connectivity index (χ0v) is 9.75. The monoisotopic (exact) mass is 255 g/mol. The van der Waals surface area contributed by atoms with E-state index >= 15 is 0 Å². The largest absolute Gasteiger partial charge is 0.352 e. The Morgan fingerprint density at radius 2 is 2.07 bits per heavy atom. The average molecular weight is 256 g/mol. The molecule has 1 amide bonds. The number of nitrogens with one attached hydrogen (secondary N) is 1. The minimum atomic E-state index is 0.0266. The van der Waals surface area contributed by atoms with E-state index in [1.807, 2.05) is 37.3 Å². The molecule has 0 bridgehead atoms. The molecule has 0 spiro atoms. The molecule has 3 heteroatoms. The van der Waals surface area contributed by atoms with E-state index in [1.165, 1.54) is 0 Å². The lowest BCUT2D eigenvalue weighted by atomic mass is 10.2. The summed E-state index contributed by atoms with van der Waals surface area (Å²) in [5.41, 5.74) is 1.13. The molecule has 0 aliphatic carbocycles. The van der Waals surface area contributed by atoms with Crippen LogP contribution in [0.4, 0.5) is 0 Å². The molecule has 0 aliphatic rings. The molecule has 0 saturated carbocycles. The second-order valence-corrected chi connectivity index (χ2v) is 3.91. The Morgan fingerprint density at radius 3 is 2.64 bits per heavy atom. The molecular weight excluding hydrogens is 242 g/mol. The number of benzene rings is 1. The number of carbonyl (C=O) groups excluding carboxylic acids is 1. The van der Waals surface area contributed by atoms with Gasteiger partial charge in [-0.1, -0.05) is 53.2 Å². The van der Waals surface area contributed by atoms with Gasteiger partial charge in [0.2, 0.25) is 5.91 Å². The number of rotatable bonds is 4. The Balaban J connectivity index is 2.38. The maximum Gasteiger partial charge on any atom is 0.223 e. The van der Waals surface area contributed by atoms with Gasteiger partial charge in [0.25, 0.3) is 0 Å². The third kappa shape index (κ3) is 3.50. The van der Waals surface area contributed by atoms with Gasteiger partial charge in [-0.15, -0.1) is 0 Å². The fourth-order valence-electron chi connectivity index (χ4n) is 1.03. The SMILES string of the molecule is CC(CBr)C(=O)NCc1ccccc1. The minimum Gasteiger partial charge on any atom is -0.352 e. The van der Waals surface area contributed by atoms with Crippen molar-refractivity contribution in [3.8, 4) is 0 Å². The van der Waals surface area contributed by atoms with Crippen LogP contribution in [0.3, 0.4) is 0 Å². The smallest absolute Gasteiger partial charge is 0.223 e. The summed E-state index contributed by atoms with van der Waals surface area (Å²) >= 11 is 3.28. The topological polar surface area (TPSA) is 29.1 Å². The first-order valence-electron chi connectivity index (χ1n) is 4.61. The normalized spacial score (nSPS) is 12.1. The molecule has 1 aromatic carbocycles. The minimum absolute atomic E-state index is 0.0266. The maximum absolute atomic E-state index is 11.4. The zero-order valence-electron chi connectivity index (χ0n) is 8.16. The third-order valence-corrected chi connectivity index (χ3v) is 2.96. The van der Waals surface area contributed by atoms with Crippen LogP contribution < -0.4 is 5.32 Å². The summed E-state index contributed by atoms with van der Waals surface area (Å²) in [5, 5.41) is 3.58. The number of halogens is 1. The molecule has 2 nitrogen and oxygen atoms in total. The van der Waals surface area contributed by atoms with Gasteiger partial charge < -0.3 is 5.32 Å². The first-order chi connectivity index (χ1) is 6.74. The number of hydrogen-bond donors (Lipinski definition) is 1. The Labute approximate surface area is 92.8 Å². The highest BCUT2D eigenvalue weighted by Gasteiger charge is 2.09. The van der Waals surface area contributed by atoms with Gasteiger partial charge in [-0.3, -0.25) is 4.79 Å². The highest BCUT2D eigenvalue weighted by molar-refractivity contribution is 9.09. The summed E-state index contributed by atoms with van der Waals surface area (Å²) in [5.74, 6) is 0.115. The van der Waals surface area contributed by atoms with E-state index in [0.717, 1.165) is 5.56 Å². The molecule has 1 aromatic rings. The molecule has 0 radical (unpaired) electrons. The molecule has 1 rings (SSSR count). The van der Waals surface area contributed by atoms with Crippen molar-refractivity contribution in [1.82, 2.24) is 5.32 Å². The van der Waals surface area contributed by atoms with Crippen LogP contribution in [-0.2, 0) is 11.3 Å². The Morgan fingerprint density at radius 1 is 1.43 bits per heavy atom. The Hall–Kier alpha value is -0.830. The highest BCUT2D eigenvalue weighted by atomic mass is 79.9. The zero-order chi connectivity index (χ0) is 10.4. The first-order valence-corrected chi connectivity index (χ1v) is 5.73. The van der Waals surface area contributed by atoms with Gasteiger partial charge in [-0.2, -0.15) is 0 Å². The van der Waals surface area contributed by atoms with Gasteiger partial charge in [0.05, 0.1) is 0 Å². The van der Waals surface area contributed by atoms with Crippen molar-refractivity contribution in [3.63, 3.8) is 0 Å². The van der Waals surface area contributed by atoms with E-state index in [9.17, 15) is 4.79 Å². The van der Waals surface area contributed by atoms with E-state index in [4.69, 9.17) is 0 Å². The fraction of sp³-hybridized carbons (Fsp3) is 0.364. The lowest BCUT2D eigenvalue weighted by Crippen LogP contribution is -2.29. The maximum atomic E-state index is 11.4. The van der Waals surface area contributed by atoms with Crippen LogP contribution in [0.15, 0.2) is 30.3 Å². The molecule has 0 aliphatic heterocycles. The molecule has 76 valence electrons. The second kappa shape index (κ2) is 5.81. The number of hydrogen-bond acceptors (Lipinski definition) is 1. The first kappa shape index (κ1) is 11.2. The quantitative estimate of drug-likeness (QED) is 0.823. The highest BCUT2D eigenvalue weighted by Crippen LogP contribution is 2.01. The molecule has 0 fully saturated rings. The number of carbonyl (C=O) groups is 1. The van der Waals surface area contributed by atoms with Crippen LogP contribution in [0.25, 0.3) is 0 Å². The third-order valence-electron chi connectivity index (χ3n) is 1.99. The molecule has 1 unspecified atom stereocenters. The summed E-state index contributed by atoms with van der Waals surface area (Å²) in [6.45, 7) is 2.51. The van der Waals surface area contributed by atoms with Crippen molar-refractivity contribution in [2.24, 2.45) is 5.92 Å². The predicted molar refractivity (Wildman–Crippen MR) is 61.2 cm³/mol. The average Bonchev–Trinajstić information content (AvgIpc) is 2.26. The van der Waals surface area contributed by atoms with Gasteiger partial charge in [0, 0.05) is 17.8 Å². The molecule has 1 N–H and O–H groups in total. The van der Waals surface area contributed by atoms with Crippen LogP contribution in [0.5, 0.6) is 0 Å². The van der Waals surface area contributed by atoms with E-state index in [-0.39, 0.29) is 11.8 Å². The standard InChI is InChI=1S/C11H14BrNO/c1-9(7-12)11(14)13-8-10-5-3-2-4-6-10/h2-6,9H,7-8H2,1H3,(H,13,14). The summed E-state index contributed by atoms with van der Waals surface area (Å²) in [4.78, 5) is 11.4. The molecule has 1 atom stereocenters. The van der Waals surface area contributed by atoms with Crippen LogP contribution in [0.1, 0.15) is 12.5 Å². The van der Waals surface area contributed by atoms with Gasteiger partial charge in [0.15, 0.2) is 0 Å². The van der Waals surface area contributed by atoms with Crippen LogP contribution in [0, 0.1) is 5.92 Å². The molecule has 0 heterocycles. The van der Waals surface area contributed by atoms with Gasteiger partial charge in [0.1, 0.15) is 0 Å². The van der Waals surface area contributed by atoms with Crippen LogP contribution in [-0.4, -0.2) is 11.2 Å². The van der Waals surface area contributed by atoms with E-state index in [2.05, 4.69) is 21.2 Å². The Kier molecular flexibility index (Phi) is 4.66.